The Morgan fingerprint density at radius 1 is 1.64 bits per heavy atom. The van der Waals surface area contributed by atoms with Crippen LogP contribution in [0.1, 0.15) is 33.1 Å². The van der Waals surface area contributed by atoms with Crippen LogP contribution in [-0.2, 0) is 0 Å². The van der Waals surface area contributed by atoms with E-state index in [2.05, 4.69) is 24.2 Å². The van der Waals surface area contributed by atoms with Crippen molar-refractivity contribution < 1.29 is 0 Å². The molecular formula is C10H21N3S. The predicted molar refractivity (Wildman–Crippen MR) is 64.9 cm³/mol. The zero-order valence-corrected chi connectivity index (χ0v) is 9.94. The first-order chi connectivity index (χ1) is 6.72. The lowest BCUT2D eigenvalue weighted by molar-refractivity contribution is 0.641. The van der Waals surface area contributed by atoms with Crippen LogP contribution in [0.5, 0.6) is 0 Å². The lowest BCUT2D eigenvalue weighted by Gasteiger charge is -2.13. The topological polar surface area (TPSA) is 50.4 Å². The summed E-state index contributed by atoms with van der Waals surface area (Å²) in [5, 5.41) is 3.22. The Balaban J connectivity index is 2.08. The average Bonchev–Trinajstić information content (AvgIpc) is 2.88. The smallest absolute Gasteiger partial charge is 0.189 e. The monoisotopic (exact) mass is 215 g/mol. The van der Waals surface area contributed by atoms with E-state index in [-0.39, 0.29) is 0 Å². The van der Waals surface area contributed by atoms with Gasteiger partial charge in [0.05, 0.1) is 6.04 Å². The summed E-state index contributed by atoms with van der Waals surface area (Å²) in [7, 11) is 0. The van der Waals surface area contributed by atoms with Crippen molar-refractivity contribution in [3.8, 4) is 0 Å². The Labute approximate surface area is 90.9 Å². The van der Waals surface area contributed by atoms with Gasteiger partial charge in [-0.3, -0.25) is 4.99 Å². The highest BCUT2D eigenvalue weighted by molar-refractivity contribution is 7.99. The molecule has 1 aliphatic carbocycles. The first kappa shape index (κ1) is 11.7. The number of rotatable bonds is 6. The molecular weight excluding hydrogens is 194 g/mol. The standard InChI is InChI=1S/C10H21N3S/c1-3-14-7-6-8(2)12-10(11)13-9-4-5-9/h8-9H,3-7H2,1-2H3,(H3,11,12,13). The van der Waals surface area contributed by atoms with Gasteiger partial charge in [-0.2, -0.15) is 11.8 Å². The number of hydrogen-bond acceptors (Lipinski definition) is 2. The van der Waals surface area contributed by atoms with Crippen LogP contribution < -0.4 is 11.1 Å². The van der Waals surface area contributed by atoms with Gasteiger partial charge in [-0.1, -0.05) is 6.92 Å². The molecule has 3 N–H and O–H groups in total. The maximum absolute atomic E-state index is 5.75. The van der Waals surface area contributed by atoms with Gasteiger partial charge in [0.15, 0.2) is 5.96 Å². The third kappa shape index (κ3) is 5.37. The highest BCUT2D eigenvalue weighted by Crippen LogP contribution is 2.22. The molecule has 1 saturated carbocycles. The van der Waals surface area contributed by atoms with Gasteiger partial charge in [0.25, 0.3) is 0 Å². The summed E-state index contributed by atoms with van der Waals surface area (Å²) in [6, 6.07) is 0.955. The van der Waals surface area contributed by atoms with Crippen molar-refractivity contribution in [2.75, 3.05) is 11.5 Å². The SMILES string of the molecule is CCSCCC(C)NC(N)=NC1CC1. The van der Waals surface area contributed by atoms with Crippen LogP contribution >= 0.6 is 11.8 Å². The fraction of sp³-hybridized carbons (Fsp3) is 0.900. The first-order valence-electron chi connectivity index (χ1n) is 5.40. The summed E-state index contributed by atoms with van der Waals surface area (Å²) >= 11 is 1.97. The van der Waals surface area contributed by atoms with Crippen molar-refractivity contribution in [2.24, 2.45) is 10.7 Å². The van der Waals surface area contributed by atoms with Crippen molar-refractivity contribution in [3.63, 3.8) is 0 Å². The molecule has 0 aromatic rings. The second kappa shape index (κ2) is 6.17. The fourth-order valence-corrected chi connectivity index (χ4v) is 1.98. The van der Waals surface area contributed by atoms with E-state index in [9.17, 15) is 0 Å². The lowest BCUT2D eigenvalue weighted by atomic mass is 10.3. The van der Waals surface area contributed by atoms with E-state index in [1.54, 1.807) is 0 Å². The Morgan fingerprint density at radius 3 is 2.93 bits per heavy atom. The van der Waals surface area contributed by atoms with E-state index >= 15 is 0 Å². The summed E-state index contributed by atoms with van der Waals surface area (Å²) < 4.78 is 0. The maximum atomic E-state index is 5.75. The molecule has 1 fully saturated rings. The van der Waals surface area contributed by atoms with E-state index < -0.39 is 0 Å². The molecule has 0 saturated heterocycles. The Hall–Kier alpha value is -0.380. The molecule has 1 aliphatic rings. The summed E-state index contributed by atoms with van der Waals surface area (Å²) in [4.78, 5) is 4.33. The number of nitrogens with one attached hydrogen (secondary N) is 1. The fourth-order valence-electron chi connectivity index (χ4n) is 1.17. The van der Waals surface area contributed by atoms with Gasteiger partial charge in [-0.15, -0.1) is 0 Å². The highest BCUT2D eigenvalue weighted by Gasteiger charge is 2.20. The maximum Gasteiger partial charge on any atom is 0.189 e. The number of hydrogen-bond donors (Lipinski definition) is 2. The van der Waals surface area contributed by atoms with Crippen LogP contribution in [0.15, 0.2) is 4.99 Å². The van der Waals surface area contributed by atoms with Gasteiger partial charge in [-0.05, 0) is 37.7 Å². The van der Waals surface area contributed by atoms with Crippen LogP contribution in [0.3, 0.4) is 0 Å². The molecule has 0 amide bonds. The molecule has 0 aromatic heterocycles. The van der Waals surface area contributed by atoms with Gasteiger partial charge in [0, 0.05) is 6.04 Å². The van der Waals surface area contributed by atoms with Crippen molar-refractivity contribution in [2.45, 2.75) is 45.2 Å². The van der Waals surface area contributed by atoms with E-state index in [1.807, 2.05) is 11.8 Å². The predicted octanol–water partition coefficient (Wildman–Crippen LogP) is 1.58. The summed E-state index contributed by atoms with van der Waals surface area (Å²) in [6.45, 7) is 4.34. The van der Waals surface area contributed by atoms with Crippen molar-refractivity contribution in [3.05, 3.63) is 0 Å². The van der Waals surface area contributed by atoms with Gasteiger partial charge in [-0.25, -0.2) is 0 Å². The van der Waals surface area contributed by atoms with Gasteiger partial charge >= 0.3 is 0 Å². The minimum absolute atomic E-state index is 0.441. The van der Waals surface area contributed by atoms with E-state index in [4.69, 9.17) is 5.73 Å². The Kier molecular flexibility index (Phi) is 5.15. The summed E-state index contributed by atoms with van der Waals surface area (Å²) in [6.07, 6.45) is 3.57. The van der Waals surface area contributed by atoms with E-state index in [0.29, 0.717) is 18.0 Å². The molecule has 3 nitrogen and oxygen atoms in total. The molecule has 82 valence electrons. The van der Waals surface area contributed by atoms with Crippen LogP contribution in [0.4, 0.5) is 0 Å². The third-order valence-electron chi connectivity index (χ3n) is 2.16. The lowest BCUT2D eigenvalue weighted by Crippen LogP contribution is -2.38. The molecule has 0 heterocycles. The van der Waals surface area contributed by atoms with Gasteiger partial charge in [0.1, 0.15) is 0 Å². The number of nitrogens with two attached hydrogens (primary N) is 1. The largest absolute Gasteiger partial charge is 0.370 e. The molecule has 4 heteroatoms. The molecule has 0 bridgehead atoms. The number of guanidine groups is 1. The second-order valence-electron chi connectivity index (χ2n) is 3.78. The number of thioether (sulfide) groups is 1. The normalized spacial score (nSPS) is 19.4. The third-order valence-corrected chi connectivity index (χ3v) is 3.09. The second-order valence-corrected chi connectivity index (χ2v) is 5.17. The quantitative estimate of drug-likeness (QED) is 0.402. The first-order valence-corrected chi connectivity index (χ1v) is 6.55. The molecule has 0 aromatic carbocycles. The minimum atomic E-state index is 0.441. The van der Waals surface area contributed by atoms with Crippen LogP contribution in [0, 0.1) is 0 Å². The molecule has 1 rings (SSSR count). The van der Waals surface area contributed by atoms with Crippen LogP contribution in [0.2, 0.25) is 0 Å². The number of aliphatic imine (C=N–C) groups is 1. The Bertz CT molecular complexity index is 190. The zero-order chi connectivity index (χ0) is 10.4. The van der Waals surface area contributed by atoms with E-state index in [1.165, 1.54) is 24.3 Å². The van der Waals surface area contributed by atoms with Gasteiger partial charge in [0.2, 0.25) is 0 Å². The van der Waals surface area contributed by atoms with Crippen molar-refractivity contribution in [1.29, 1.82) is 0 Å². The zero-order valence-electron chi connectivity index (χ0n) is 9.12. The molecule has 1 atom stereocenters. The molecule has 0 radical (unpaired) electrons. The summed E-state index contributed by atoms with van der Waals surface area (Å²) in [5.74, 6) is 3.02. The van der Waals surface area contributed by atoms with E-state index in [0.717, 1.165) is 6.42 Å². The van der Waals surface area contributed by atoms with Crippen molar-refractivity contribution in [1.82, 2.24) is 5.32 Å². The average molecular weight is 215 g/mol. The van der Waals surface area contributed by atoms with Crippen molar-refractivity contribution >= 4 is 17.7 Å². The highest BCUT2D eigenvalue weighted by atomic mass is 32.2. The molecule has 1 unspecified atom stereocenters. The van der Waals surface area contributed by atoms with Crippen LogP contribution in [-0.4, -0.2) is 29.5 Å². The molecule has 14 heavy (non-hydrogen) atoms. The number of nitrogens with zero attached hydrogens (tertiary/aromatic N) is 1. The molecule has 0 aliphatic heterocycles. The minimum Gasteiger partial charge on any atom is -0.370 e. The van der Waals surface area contributed by atoms with Gasteiger partial charge < -0.3 is 11.1 Å². The summed E-state index contributed by atoms with van der Waals surface area (Å²) in [5.41, 5.74) is 5.75. The molecule has 0 spiro atoms. The van der Waals surface area contributed by atoms with Crippen LogP contribution in [0.25, 0.3) is 0 Å². The Morgan fingerprint density at radius 2 is 2.36 bits per heavy atom.